The van der Waals surface area contributed by atoms with Crippen LogP contribution in [0.5, 0.6) is 0 Å². The molecule has 0 spiro atoms. The van der Waals surface area contributed by atoms with E-state index in [0.717, 1.165) is 0 Å². The SMILES string of the molecule is O=S(=O)(CCN1CCOCC1CO)c1ccc(Cl)cc1. The average Bonchev–Trinajstić information content (AvgIpc) is 2.46. The van der Waals surface area contributed by atoms with Crippen LogP contribution in [0.4, 0.5) is 0 Å². The number of morpholine rings is 1. The number of benzene rings is 1. The second-order valence-corrected chi connectivity index (χ2v) is 7.27. The number of hydrogen-bond donors (Lipinski definition) is 1. The summed E-state index contributed by atoms with van der Waals surface area (Å²) in [6.07, 6.45) is 0. The third kappa shape index (κ3) is 3.93. The molecule has 0 radical (unpaired) electrons. The predicted octanol–water partition coefficient (Wildman–Crippen LogP) is 0.807. The van der Waals surface area contributed by atoms with E-state index in [4.69, 9.17) is 16.3 Å². The lowest BCUT2D eigenvalue weighted by Gasteiger charge is -2.34. The van der Waals surface area contributed by atoms with E-state index >= 15 is 0 Å². The number of rotatable bonds is 5. The van der Waals surface area contributed by atoms with Gasteiger partial charge in [-0.05, 0) is 24.3 Å². The lowest BCUT2D eigenvalue weighted by Crippen LogP contribution is -2.49. The highest BCUT2D eigenvalue weighted by Crippen LogP contribution is 2.16. The van der Waals surface area contributed by atoms with Crippen LogP contribution in [-0.4, -0.2) is 63.1 Å². The van der Waals surface area contributed by atoms with Gasteiger partial charge in [-0.2, -0.15) is 0 Å². The van der Waals surface area contributed by atoms with Gasteiger partial charge in [0.2, 0.25) is 0 Å². The number of aliphatic hydroxyl groups is 1. The first-order valence-electron chi connectivity index (χ1n) is 6.44. The zero-order valence-electron chi connectivity index (χ0n) is 11.0. The molecule has 0 aliphatic carbocycles. The highest BCUT2D eigenvalue weighted by molar-refractivity contribution is 7.91. The summed E-state index contributed by atoms with van der Waals surface area (Å²) in [6, 6.07) is 6.05. The van der Waals surface area contributed by atoms with Crippen molar-refractivity contribution in [2.45, 2.75) is 10.9 Å². The third-order valence-corrected chi connectivity index (χ3v) is 5.34. The van der Waals surface area contributed by atoms with Gasteiger partial charge in [-0.3, -0.25) is 4.90 Å². The first-order chi connectivity index (χ1) is 9.53. The molecular formula is C13H18ClNO4S. The monoisotopic (exact) mass is 319 g/mol. The van der Waals surface area contributed by atoms with E-state index in [0.29, 0.717) is 31.3 Å². The van der Waals surface area contributed by atoms with Crippen LogP contribution >= 0.6 is 11.6 Å². The molecule has 1 aliphatic heterocycles. The molecule has 0 bridgehead atoms. The molecule has 112 valence electrons. The second kappa shape index (κ2) is 6.87. The molecule has 0 amide bonds. The molecule has 0 aromatic heterocycles. The molecule has 0 saturated carbocycles. The topological polar surface area (TPSA) is 66.8 Å². The Kier molecular flexibility index (Phi) is 5.40. The van der Waals surface area contributed by atoms with Gasteiger partial charge in [0.1, 0.15) is 0 Å². The summed E-state index contributed by atoms with van der Waals surface area (Å²) in [5, 5.41) is 9.76. The standard InChI is InChI=1S/C13H18ClNO4S/c14-11-1-3-13(4-2-11)20(17,18)8-6-15-5-7-19-10-12(15)9-16/h1-4,12,16H,5-10H2. The lowest BCUT2D eigenvalue weighted by atomic mass is 10.2. The molecule has 1 atom stereocenters. The summed E-state index contributed by atoms with van der Waals surface area (Å²) in [5.41, 5.74) is 0. The van der Waals surface area contributed by atoms with Crippen LogP contribution in [0.1, 0.15) is 0 Å². The van der Waals surface area contributed by atoms with E-state index in [1.807, 2.05) is 4.90 Å². The van der Waals surface area contributed by atoms with Gasteiger partial charge < -0.3 is 9.84 Å². The minimum Gasteiger partial charge on any atom is -0.395 e. The van der Waals surface area contributed by atoms with Crippen molar-refractivity contribution in [1.29, 1.82) is 0 Å². The predicted molar refractivity (Wildman–Crippen MR) is 76.8 cm³/mol. The summed E-state index contributed by atoms with van der Waals surface area (Å²) < 4.78 is 29.7. The van der Waals surface area contributed by atoms with Crippen LogP contribution in [0.3, 0.4) is 0 Å². The van der Waals surface area contributed by atoms with Crippen molar-refractivity contribution >= 4 is 21.4 Å². The maximum absolute atomic E-state index is 12.2. The third-order valence-electron chi connectivity index (χ3n) is 3.38. The quantitative estimate of drug-likeness (QED) is 0.870. The Labute approximate surface area is 124 Å². The Morgan fingerprint density at radius 1 is 1.35 bits per heavy atom. The molecule has 1 fully saturated rings. The van der Waals surface area contributed by atoms with E-state index in [-0.39, 0.29) is 23.3 Å². The summed E-state index contributed by atoms with van der Waals surface area (Å²) in [4.78, 5) is 2.23. The summed E-state index contributed by atoms with van der Waals surface area (Å²) in [6.45, 7) is 2.01. The molecular weight excluding hydrogens is 302 g/mol. The maximum atomic E-state index is 12.2. The molecule has 1 heterocycles. The zero-order valence-corrected chi connectivity index (χ0v) is 12.6. The van der Waals surface area contributed by atoms with Gasteiger partial charge in [-0.25, -0.2) is 8.42 Å². The number of nitrogens with zero attached hydrogens (tertiary/aromatic N) is 1. The first-order valence-corrected chi connectivity index (χ1v) is 8.47. The smallest absolute Gasteiger partial charge is 0.179 e. The molecule has 1 N–H and O–H groups in total. The van der Waals surface area contributed by atoms with E-state index in [1.54, 1.807) is 12.1 Å². The van der Waals surface area contributed by atoms with Crippen molar-refractivity contribution in [3.05, 3.63) is 29.3 Å². The summed E-state index contributed by atoms with van der Waals surface area (Å²) >= 11 is 5.75. The van der Waals surface area contributed by atoms with Crippen LogP contribution in [0.2, 0.25) is 5.02 Å². The van der Waals surface area contributed by atoms with Crippen LogP contribution in [0.25, 0.3) is 0 Å². The molecule has 20 heavy (non-hydrogen) atoms. The minimum absolute atomic E-state index is 0.0190. The Bertz CT molecular complexity index is 532. The van der Waals surface area contributed by atoms with E-state index in [1.165, 1.54) is 12.1 Å². The van der Waals surface area contributed by atoms with Crippen LogP contribution in [0, 0.1) is 0 Å². The van der Waals surface area contributed by atoms with E-state index < -0.39 is 9.84 Å². The minimum atomic E-state index is -3.33. The van der Waals surface area contributed by atoms with Crippen LogP contribution in [0.15, 0.2) is 29.2 Å². The first kappa shape index (κ1) is 15.7. The molecule has 5 nitrogen and oxygen atoms in total. The largest absolute Gasteiger partial charge is 0.395 e. The summed E-state index contributed by atoms with van der Waals surface area (Å²) in [5.74, 6) is 0.0190. The molecule has 2 rings (SSSR count). The molecule has 1 aromatic rings. The molecule has 1 saturated heterocycles. The number of hydrogen-bond acceptors (Lipinski definition) is 5. The van der Waals surface area contributed by atoms with Gasteiger partial charge in [0.05, 0.1) is 36.5 Å². The van der Waals surface area contributed by atoms with Gasteiger partial charge in [0, 0.05) is 18.1 Å². The second-order valence-electron chi connectivity index (χ2n) is 4.72. The number of sulfone groups is 1. The lowest BCUT2D eigenvalue weighted by molar-refractivity contribution is -0.0245. The van der Waals surface area contributed by atoms with Gasteiger partial charge in [-0.15, -0.1) is 0 Å². The van der Waals surface area contributed by atoms with Crippen molar-refractivity contribution < 1.29 is 18.3 Å². The van der Waals surface area contributed by atoms with E-state index in [9.17, 15) is 13.5 Å². The zero-order chi connectivity index (χ0) is 14.6. The van der Waals surface area contributed by atoms with Crippen LogP contribution < -0.4 is 0 Å². The van der Waals surface area contributed by atoms with E-state index in [2.05, 4.69) is 0 Å². The van der Waals surface area contributed by atoms with Gasteiger partial charge >= 0.3 is 0 Å². The molecule has 1 aliphatic rings. The van der Waals surface area contributed by atoms with Crippen molar-refractivity contribution in [2.75, 3.05) is 38.7 Å². The summed E-state index contributed by atoms with van der Waals surface area (Å²) in [7, 11) is -3.33. The maximum Gasteiger partial charge on any atom is 0.179 e. The Balaban J connectivity index is 1.99. The number of aliphatic hydroxyl groups excluding tert-OH is 1. The normalized spacial score (nSPS) is 21.0. The average molecular weight is 320 g/mol. The van der Waals surface area contributed by atoms with Crippen molar-refractivity contribution in [3.8, 4) is 0 Å². The van der Waals surface area contributed by atoms with Crippen molar-refractivity contribution in [1.82, 2.24) is 4.90 Å². The van der Waals surface area contributed by atoms with Crippen molar-refractivity contribution in [2.24, 2.45) is 0 Å². The fourth-order valence-electron chi connectivity index (χ4n) is 2.15. The molecule has 1 unspecified atom stereocenters. The Morgan fingerprint density at radius 2 is 2.05 bits per heavy atom. The highest BCUT2D eigenvalue weighted by Gasteiger charge is 2.24. The highest BCUT2D eigenvalue weighted by atomic mass is 35.5. The van der Waals surface area contributed by atoms with Gasteiger partial charge in [-0.1, -0.05) is 11.6 Å². The number of halogens is 1. The van der Waals surface area contributed by atoms with Gasteiger partial charge in [0.25, 0.3) is 0 Å². The number of ether oxygens (including phenoxy) is 1. The fraction of sp³-hybridized carbons (Fsp3) is 0.538. The fourth-order valence-corrected chi connectivity index (χ4v) is 3.54. The molecule has 7 heteroatoms. The Hall–Kier alpha value is -0.660. The van der Waals surface area contributed by atoms with Crippen molar-refractivity contribution in [3.63, 3.8) is 0 Å². The molecule has 1 aromatic carbocycles. The van der Waals surface area contributed by atoms with Crippen LogP contribution in [-0.2, 0) is 14.6 Å². The van der Waals surface area contributed by atoms with Gasteiger partial charge in [0.15, 0.2) is 9.84 Å². The Morgan fingerprint density at radius 3 is 2.70 bits per heavy atom.